The summed E-state index contributed by atoms with van der Waals surface area (Å²) >= 11 is 0. The molecule has 0 amide bonds. The van der Waals surface area contributed by atoms with Gasteiger partial charge in [-0.05, 0) is 31.2 Å². The van der Waals surface area contributed by atoms with Gasteiger partial charge >= 0.3 is 0 Å². The number of hydrogen-bond donors (Lipinski definition) is 0. The fourth-order valence-electron chi connectivity index (χ4n) is 1.65. The molecule has 86 valence electrons. The van der Waals surface area contributed by atoms with Gasteiger partial charge in [-0.25, -0.2) is 0 Å². The first-order chi connectivity index (χ1) is 8.16. The highest BCUT2D eigenvalue weighted by Crippen LogP contribution is 2.19. The lowest BCUT2D eigenvalue weighted by Crippen LogP contribution is -2.05. The molecular weight excluding hydrogens is 233 g/mol. The maximum Gasteiger partial charge on any atom is 0.276 e. The van der Waals surface area contributed by atoms with E-state index in [0.29, 0.717) is 5.56 Å². The number of nitro benzene ring substituents is 1. The Balaban J connectivity index is 2.29. The van der Waals surface area contributed by atoms with Crippen molar-refractivity contribution in [2.24, 2.45) is 0 Å². The van der Waals surface area contributed by atoms with Gasteiger partial charge in [0.25, 0.3) is 5.69 Å². The molecule has 0 N–H and O–H groups in total. The van der Waals surface area contributed by atoms with Crippen molar-refractivity contribution >= 4 is 24.9 Å². The molecule has 0 aliphatic rings. The molecule has 0 aliphatic heterocycles. The molecular formula is C13H13NO2P+. The van der Waals surface area contributed by atoms with Crippen molar-refractivity contribution in [3.63, 3.8) is 0 Å². The van der Waals surface area contributed by atoms with E-state index in [4.69, 9.17) is 0 Å². The van der Waals surface area contributed by atoms with E-state index in [-0.39, 0.29) is 19.2 Å². The molecule has 0 saturated heterocycles. The lowest BCUT2D eigenvalue weighted by molar-refractivity contribution is -0.385. The third-order valence-corrected chi connectivity index (χ3v) is 3.97. The molecule has 4 heteroatoms. The smallest absolute Gasteiger partial charge is 0.258 e. The van der Waals surface area contributed by atoms with Crippen LogP contribution in [0.2, 0.25) is 0 Å². The predicted octanol–water partition coefficient (Wildman–Crippen LogP) is 2.26. The molecule has 2 aromatic rings. The molecule has 3 nitrogen and oxygen atoms in total. The number of aryl methyl sites for hydroxylation is 1. The standard InChI is InChI=1S/C13H12NO2P/c1-10-7-8-12(9-13(10)14(15)16)17-11-5-3-2-4-6-11/h2-9,17H,1H3/p+1. The van der Waals surface area contributed by atoms with Crippen molar-refractivity contribution in [3.05, 3.63) is 64.2 Å². The van der Waals surface area contributed by atoms with E-state index in [2.05, 4.69) is 12.1 Å². The Morgan fingerprint density at radius 3 is 2.41 bits per heavy atom. The molecule has 0 bridgehead atoms. The van der Waals surface area contributed by atoms with Crippen molar-refractivity contribution in [1.82, 2.24) is 0 Å². The molecule has 0 aromatic heterocycles. The molecule has 0 spiro atoms. The third kappa shape index (κ3) is 2.89. The van der Waals surface area contributed by atoms with Crippen molar-refractivity contribution in [2.45, 2.75) is 6.92 Å². The van der Waals surface area contributed by atoms with Crippen LogP contribution in [0.25, 0.3) is 0 Å². The minimum atomic E-state index is -0.316. The summed E-state index contributed by atoms with van der Waals surface area (Å²) in [5.74, 6) is 0. The van der Waals surface area contributed by atoms with Gasteiger partial charge < -0.3 is 0 Å². The second-order valence-electron chi connectivity index (χ2n) is 3.86. The van der Waals surface area contributed by atoms with E-state index in [1.165, 1.54) is 5.30 Å². The lowest BCUT2D eigenvalue weighted by atomic mass is 10.2. The topological polar surface area (TPSA) is 43.1 Å². The van der Waals surface area contributed by atoms with Crippen LogP contribution < -0.4 is 10.6 Å². The van der Waals surface area contributed by atoms with Gasteiger partial charge in [0.1, 0.15) is 5.30 Å². The van der Waals surface area contributed by atoms with E-state index >= 15 is 0 Å². The van der Waals surface area contributed by atoms with E-state index in [1.807, 2.05) is 30.3 Å². The van der Waals surface area contributed by atoms with Crippen LogP contribution in [0, 0.1) is 17.0 Å². The van der Waals surface area contributed by atoms with Crippen LogP contribution in [-0.2, 0) is 0 Å². The summed E-state index contributed by atoms with van der Waals surface area (Å²) in [5.41, 5.74) is 0.928. The Bertz CT molecular complexity index is 540. The second kappa shape index (κ2) is 5.07. The zero-order valence-electron chi connectivity index (χ0n) is 9.46. The summed E-state index contributed by atoms with van der Waals surface area (Å²) in [6, 6.07) is 15.6. The predicted molar refractivity (Wildman–Crippen MR) is 73.3 cm³/mol. The van der Waals surface area contributed by atoms with Crippen molar-refractivity contribution in [2.75, 3.05) is 0 Å². The highest BCUT2D eigenvalue weighted by Gasteiger charge is 2.14. The maximum atomic E-state index is 10.8. The number of rotatable bonds is 3. The van der Waals surface area contributed by atoms with Crippen LogP contribution >= 0.6 is 8.58 Å². The number of hydrogen-bond acceptors (Lipinski definition) is 2. The zero-order chi connectivity index (χ0) is 12.3. The maximum absolute atomic E-state index is 10.8. The van der Waals surface area contributed by atoms with Gasteiger partial charge in [-0.1, -0.05) is 18.2 Å². The molecule has 1 unspecified atom stereocenters. The fraction of sp³-hybridized carbons (Fsp3) is 0.0769. The number of nitro groups is 1. The fourth-order valence-corrected chi connectivity index (χ4v) is 2.89. The lowest BCUT2D eigenvalue weighted by Gasteiger charge is -1.98. The normalized spacial score (nSPS) is 10.9. The average molecular weight is 246 g/mol. The van der Waals surface area contributed by atoms with Crippen LogP contribution in [0.3, 0.4) is 0 Å². The van der Waals surface area contributed by atoms with Gasteiger partial charge in [-0.15, -0.1) is 0 Å². The van der Waals surface area contributed by atoms with Crippen molar-refractivity contribution < 1.29 is 4.92 Å². The van der Waals surface area contributed by atoms with Gasteiger partial charge in [0, 0.05) is 5.56 Å². The number of nitrogens with zero attached hydrogens (tertiary/aromatic N) is 1. The average Bonchev–Trinajstić information content (AvgIpc) is 2.32. The Kier molecular flexibility index (Phi) is 3.50. The van der Waals surface area contributed by atoms with Gasteiger partial charge in [0.15, 0.2) is 0 Å². The second-order valence-corrected chi connectivity index (χ2v) is 5.48. The van der Waals surface area contributed by atoms with E-state index < -0.39 is 0 Å². The van der Waals surface area contributed by atoms with E-state index in [1.54, 1.807) is 13.0 Å². The molecule has 17 heavy (non-hydrogen) atoms. The van der Waals surface area contributed by atoms with E-state index in [9.17, 15) is 10.1 Å². The van der Waals surface area contributed by atoms with Crippen LogP contribution in [0.15, 0.2) is 48.5 Å². The van der Waals surface area contributed by atoms with Gasteiger partial charge in [0.05, 0.1) is 24.9 Å². The summed E-state index contributed by atoms with van der Waals surface area (Å²) < 4.78 is 0. The highest BCUT2D eigenvalue weighted by atomic mass is 31.1. The van der Waals surface area contributed by atoms with Gasteiger partial charge in [-0.3, -0.25) is 10.1 Å². The monoisotopic (exact) mass is 246 g/mol. The zero-order valence-corrected chi connectivity index (χ0v) is 10.6. The Morgan fingerprint density at radius 1 is 1.06 bits per heavy atom. The highest BCUT2D eigenvalue weighted by molar-refractivity contribution is 7.55. The molecule has 0 saturated carbocycles. The minimum Gasteiger partial charge on any atom is -0.258 e. The quantitative estimate of drug-likeness (QED) is 0.473. The van der Waals surface area contributed by atoms with Crippen molar-refractivity contribution in [3.8, 4) is 0 Å². The molecule has 2 aromatic carbocycles. The molecule has 0 radical (unpaired) electrons. The van der Waals surface area contributed by atoms with Gasteiger partial charge in [0.2, 0.25) is 0 Å². The Hall–Kier alpha value is -1.73. The van der Waals surface area contributed by atoms with Crippen LogP contribution in [-0.4, -0.2) is 4.92 Å². The first-order valence-electron chi connectivity index (χ1n) is 5.31. The Morgan fingerprint density at radius 2 is 1.76 bits per heavy atom. The molecule has 0 heterocycles. The first kappa shape index (κ1) is 11.7. The summed E-state index contributed by atoms with van der Waals surface area (Å²) in [7, 11) is -0.0751. The Labute approximate surface area is 101 Å². The molecule has 0 aliphatic carbocycles. The van der Waals surface area contributed by atoms with Crippen LogP contribution in [0.1, 0.15) is 5.56 Å². The number of benzene rings is 2. The molecule has 2 rings (SSSR count). The summed E-state index contributed by atoms with van der Waals surface area (Å²) in [6.45, 7) is 1.76. The van der Waals surface area contributed by atoms with E-state index in [0.717, 1.165) is 5.30 Å². The molecule has 1 atom stereocenters. The third-order valence-electron chi connectivity index (χ3n) is 2.56. The molecule has 0 fully saturated rings. The minimum absolute atomic E-state index is 0.0751. The summed E-state index contributed by atoms with van der Waals surface area (Å²) in [5, 5.41) is 13.1. The van der Waals surface area contributed by atoms with Gasteiger partial charge in [-0.2, -0.15) is 0 Å². The van der Waals surface area contributed by atoms with Crippen LogP contribution in [0.5, 0.6) is 0 Å². The summed E-state index contributed by atoms with van der Waals surface area (Å²) in [6.07, 6.45) is 0. The first-order valence-corrected chi connectivity index (χ1v) is 6.47. The SMILES string of the molecule is Cc1ccc([PH2+]c2ccccc2)cc1[N+](=O)[O-]. The summed E-state index contributed by atoms with van der Waals surface area (Å²) in [4.78, 5) is 10.5. The van der Waals surface area contributed by atoms with Crippen molar-refractivity contribution in [1.29, 1.82) is 0 Å². The largest absolute Gasteiger partial charge is 0.276 e. The van der Waals surface area contributed by atoms with Crippen LogP contribution in [0.4, 0.5) is 5.69 Å².